The van der Waals surface area contributed by atoms with E-state index in [2.05, 4.69) is 20.5 Å². The highest BCUT2D eigenvalue weighted by molar-refractivity contribution is 5.86. The van der Waals surface area contributed by atoms with E-state index >= 15 is 0 Å². The molecule has 156 valence electrons. The highest BCUT2D eigenvalue weighted by Crippen LogP contribution is 2.18. The van der Waals surface area contributed by atoms with E-state index in [0.29, 0.717) is 16.8 Å². The fourth-order valence-corrected chi connectivity index (χ4v) is 3.39. The third-order valence-electron chi connectivity index (χ3n) is 4.94. The Labute approximate surface area is 158 Å². The molecular formula is C17H30F3N5O2. The number of hydrogen-bond donors (Lipinski definition) is 2. The number of piperidine rings is 1. The van der Waals surface area contributed by atoms with Crippen molar-refractivity contribution in [1.29, 1.82) is 0 Å². The number of ether oxygens (including phenoxy) is 1. The van der Waals surface area contributed by atoms with Gasteiger partial charge >= 0.3 is 6.18 Å². The van der Waals surface area contributed by atoms with Crippen molar-refractivity contribution in [1.82, 2.24) is 20.4 Å². The van der Waals surface area contributed by atoms with Gasteiger partial charge in [0.2, 0.25) is 5.91 Å². The summed E-state index contributed by atoms with van der Waals surface area (Å²) in [7, 11) is 2.72. The van der Waals surface area contributed by atoms with Crippen LogP contribution in [0.15, 0.2) is 4.99 Å². The Hall–Kier alpha value is -1.55. The van der Waals surface area contributed by atoms with E-state index in [-0.39, 0.29) is 12.6 Å². The van der Waals surface area contributed by atoms with Gasteiger partial charge in [-0.05, 0) is 25.2 Å². The lowest BCUT2D eigenvalue weighted by atomic mass is 10.0. The summed E-state index contributed by atoms with van der Waals surface area (Å²) in [5.41, 5.74) is 0. The van der Waals surface area contributed by atoms with E-state index in [1.807, 2.05) is 0 Å². The van der Waals surface area contributed by atoms with Gasteiger partial charge in [0.25, 0.3) is 0 Å². The first-order valence-corrected chi connectivity index (χ1v) is 9.35. The molecule has 0 radical (unpaired) electrons. The molecule has 2 rings (SSSR count). The third kappa shape index (κ3) is 7.92. The van der Waals surface area contributed by atoms with Crippen LogP contribution in [0, 0.1) is 5.92 Å². The van der Waals surface area contributed by atoms with Crippen molar-refractivity contribution in [3.8, 4) is 0 Å². The Balaban J connectivity index is 1.67. The molecule has 0 aromatic heterocycles. The van der Waals surface area contributed by atoms with Crippen molar-refractivity contribution in [2.24, 2.45) is 10.9 Å². The molecule has 2 saturated heterocycles. The number of amides is 1. The van der Waals surface area contributed by atoms with Crippen LogP contribution in [0.1, 0.15) is 19.3 Å². The molecule has 0 aliphatic carbocycles. The maximum atomic E-state index is 12.3. The van der Waals surface area contributed by atoms with Crippen LogP contribution in [0.4, 0.5) is 13.2 Å². The van der Waals surface area contributed by atoms with Gasteiger partial charge in [0.05, 0.1) is 13.2 Å². The highest BCUT2D eigenvalue weighted by atomic mass is 19.4. The van der Waals surface area contributed by atoms with E-state index in [1.54, 1.807) is 7.05 Å². The number of carbonyl (C=O) groups is 1. The molecule has 0 aromatic carbocycles. The minimum Gasteiger partial charge on any atom is -0.381 e. The quantitative estimate of drug-likeness (QED) is 0.513. The van der Waals surface area contributed by atoms with Gasteiger partial charge < -0.3 is 25.2 Å². The van der Waals surface area contributed by atoms with Gasteiger partial charge in [-0.15, -0.1) is 0 Å². The fourth-order valence-electron chi connectivity index (χ4n) is 3.39. The lowest BCUT2D eigenvalue weighted by Gasteiger charge is -2.34. The Morgan fingerprint density at radius 2 is 2.00 bits per heavy atom. The number of nitrogens with one attached hydrogen (secondary N) is 2. The largest absolute Gasteiger partial charge is 0.406 e. The average Bonchev–Trinajstić information content (AvgIpc) is 3.11. The molecule has 1 atom stereocenters. The molecule has 2 aliphatic rings. The number of likely N-dealkylation sites (tertiary alicyclic amines) is 1. The van der Waals surface area contributed by atoms with Crippen LogP contribution >= 0.6 is 0 Å². The number of likely N-dealkylation sites (N-methyl/N-ethyl adjacent to an activating group) is 1. The van der Waals surface area contributed by atoms with Crippen molar-refractivity contribution in [2.45, 2.75) is 31.5 Å². The molecule has 0 bridgehead atoms. The monoisotopic (exact) mass is 393 g/mol. The second-order valence-corrected chi connectivity index (χ2v) is 7.24. The van der Waals surface area contributed by atoms with Gasteiger partial charge in [0.1, 0.15) is 6.54 Å². The average molecular weight is 393 g/mol. The van der Waals surface area contributed by atoms with Gasteiger partial charge in [0, 0.05) is 46.4 Å². The predicted octanol–water partition coefficient (Wildman–Crippen LogP) is 0.673. The van der Waals surface area contributed by atoms with Gasteiger partial charge in [-0.2, -0.15) is 13.2 Å². The van der Waals surface area contributed by atoms with E-state index in [4.69, 9.17) is 4.74 Å². The fraction of sp³-hybridized carbons (Fsp3) is 0.882. The van der Waals surface area contributed by atoms with Gasteiger partial charge in [-0.25, -0.2) is 0 Å². The standard InChI is InChI=1S/C17H30F3N5O2/c1-21-16(22-9-15(26)24(2)12-17(18,19)20)23-14-3-6-25(7-4-14)10-13-5-8-27-11-13/h13-14H,3-12H2,1-2H3,(H2,21,22,23). The Morgan fingerprint density at radius 3 is 2.56 bits per heavy atom. The summed E-state index contributed by atoms with van der Waals surface area (Å²) in [6.45, 7) is 3.26. The van der Waals surface area contributed by atoms with Crippen LogP contribution in [-0.4, -0.2) is 93.9 Å². The Bertz CT molecular complexity index is 501. The SMILES string of the molecule is CN=C(NCC(=O)N(C)CC(F)(F)F)NC1CCN(CC2CCOC2)CC1. The van der Waals surface area contributed by atoms with Gasteiger partial charge in [-0.3, -0.25) is 9.79 Å². The predicted molar refractivity (Wildman–Crippen MR) is 96.6 cm³/mol. The van der Waals surface area contributed by atoms with Gasteiger partial charge in [-0.1, -0.05) is 0 Å². The Kier molecular flexibility index (Phi) is 8.15. The normalized spacial score (nSPS) is 22.7. The molecule has 2 fully saturated rings. The van der Waals surface area contributed by atoms with Crippen molar-refractivity contribution >= 4 is 11.9 Å². The summed E-state index contributed by atoms with van der Waals surface area (Å²) in [5, 5.41) is 6.06. The number of alkyl halides is 3. The van der Waals surface area contributed by atoms with Gasteiger partial charge in [0.15, 0.2) is 5.96 Å². The molecule has 2 N–H and O–H groups in total. The lowest BCUT2D eigenvalue weighted by molar-refractivity contribution is -0.157. The molecule has 2 aliphatic heterocycles. The van der Waals surface area contributed by atoms with Crippen molar-refractivity contribution in [2.75, 3.05) is 60.0 Å². The summed E-state index contributed by atoms with van der Waals surface area (Å²) in [4.78, 5) is 19.0. The van der Waals surface area contributed by atoms with Crippen molar-refractivity contribution < 1.29 is 22.7 Å². The number of guanidine groups is 1. The first-order chi connectivity index (χ1) is 12.8. The second-order valence-electron chi connectivity index (χ2n) is 7.24. The molecule has 0 aromatic rings. The van der Waals surface area contributed by atoms with Crippen LogP contribution in [0.5, 0.6) is 0 Å². The third-order valence-corrected chi connectivity index (χ3v) is 4.94. The summed E-state index contributed by atoms with van der Waals surface area (Å²) in [6.07, 6.45) is -1.36. The zero-order valence-electron chi connectivity index (χ0n) is 16.0. The topological polar surface area (TPSA) is 69.2 Å². The number of nitrogens with zero attached hydrogens (tertiary/aromatic N) is 3. The van der Waals surface area contributed by atoms with Crippen LogP contribution in [0.3, 0.4) is 0 Å². The smallest absolute Gasteiger partial charge is 0.381 e. The van der Waals surface area contributed by atoms with Crippen molar-refractivity contribution in [3.63, 3.8) is 0 Å². The van der Waals surface area contributed by atoms with Crippen LogP contribution in [0.25, 0.3) is 0 Å². The molecule has 27 heavy (non-hydrogen) atoms. The lowest BCUT2D eigenvalue weighted by Crippen LogP contribution is -2.51. The molecule has 7 nitrogen and oxygen atoms in total. The molecular weight excluding hydrogens is 363 g/mol. The highest BCUT2D eigenvalue weighted by Gasteiger charge is 2.31. The van der Waals surface area contributed by atoms with E-state index in [9.17, 15) is 18.0 Å². The van der Waals surface area contributed by atoms with Crippen LogP contribution < -0.4 is 10.6 Å². The zero-order valence-corrected chi connectivity index (χ0v) is 16.0. The summed E-state index contributed by atoms with van der Waals surface area (Å²) < 4.78 is 42.4. The summed E-state index contributed by atoms with van der Waals surface area (Å²) >= 11 is 0. The van der Waals surface area contributed by atoms with E-state index in [1.165, 1.54) is 0 Å². The molecule has 10 heteroatoms. The molecule has 0 saturated carbocycles. The molecule has 2 heterocycles. The zero-order chi connectivity index (χ0) is 19.9. The number of hydrogen-bond acceptors (Lipinski definition) is 4. The van der Waals surface area contributed by atoms with Crippen molar-refractivity contribution in [3.05, 3.63) is 0 Å². The van der Waals surface area contributed by atoms with Crippen LogP contribution in [0.2, 0.25) is 0 Å². The number of aliphatic imine (C=N–C) groups is 1. The number of carbonyl (C=O) groups excluding carboxylic acids is 1. The number of halogens is 3. The summed E-state index contributed by atoms with van der Waals surface area (Å²) in [6, 6.07) is 0.232. The molecule has 1 amide bonds. The molecule has 1 unspecified atom stereocenters. The minimum atomic E-state index is -4.40. The van der Waals surface area contributed by atoms with Crippen LogP contribution in [-0.2, 0) is 9.53 Å². The maximum Gasteiger partial charge on any atom is 0.406 e. The minimum absolute atomic E-state index is 0.229. The first kappa shape index (κ1) is 21.7. The maximum absolute atomic E-state index is 12.3. The Morgan fingerprint density at radius 1 is 1.30 bits per heavy atom. The van der Waals surface area contributed by atoms with E-state index < -0.39 is 18.6 Å². The second kappa shape index (κ2) is 10.1. The number of rotatable bonds is 6. The first-order valence-electron chi connectivity index (χ1n) is 9.35. The van der Waals surface area contributed by atoms with E-state index in [0.717, 1.165) is 59.2 Å². The molecule has 0 spiro atoms. The summed E-state index contributed by atoms with van der Waals surface area (Å²) in [5.74, 6) is 0.430.